The van der Waals surface area contributed by atoms with Crippen molar-refractivity contribution in [3.05, 3.63) is 34.4 Å². The van der Waals surface area contributed by atoms with E-state index in [1.807, 2.05) is 0 Å². The van der Waals surface area contributed by atoms with E-state index in [-0.39, 0.29) is 22.9 Å². The minimum absolute atomic E-state index is 0.000382. The van der Waals surface area contributed by atoms with Crippen LogP contribution in [0.1, 0.15) is 55.4 Å². The highest BCUT2D eigenvalue weighted by molar-refractivity contribution is 6.57. The summed E-state index contributed by atoms with van der Waals surface area (Å²) < 4.78 is 0. The molecule has 124 valence electrons. The summed E-state index contributed by atoms with van der Waals surface area (Å²) in [7, 11) is 1.64. The third-order valence-electron chi connectivity index (χ3n) is 4.74. The average molecular weight is 313 g/mol. The zero-order valence-corrected chi connectivity index (χ0v) is 15.1. The quantitative estimate of drug-likeness (QED) is 0.817. The first kappa shape index (κ1) is 17.9. The highest BCUT2D eigenvalue weighted by Crippen LogP contribution is 2.34. The number of aryl methyl sites for hydroxylation is 2. The molecule has 1 atom stereocenters. The van der Waals surface area contributed by atoms with Gasteiger partial charge in [-0.05, 0) is 55.3 Å². The summed E-state index contributed by atoms with van der Waals surface area (Å²) in [6.45, 7) is 9.30. The van der Waals surface area contributed by atoms with E-state index in [0.717, 1.165) is 24.9 Å². The Kier molecular flexibility index (Phi) is 5.46. The number of hydrogen-bond acceptors (Lipinski definition) is 3. The van der Waals surface area contributed by atoms with E-state index in [1.54, 1.807) is 7.85 Å². The second-order valence-electron chi connectivity index (χ2n) is 7.67. The lowest BCUT2D eigenvalue weighted by molar-refractivity contribution is -0.120. The lowest BCUT2D eigenvalue weighted by Crippen LogP contribution is -2.33. The van der Waals surface area contributed by atoms with Crippen molar-refractivity contribution in [3.8, 4) is 0 Å². The molecule has 1 fully saturated rings. The molecule has 0 aromatic heterocycles. The molecule has 1 aliphatic rings. The van der Waals surface area contributed by atoms with Crippen LogP contribution in [0.15, 0.2) is 12.1 Å². The van der Waals surface area contributed by atoms with Gasteiger partial charge in [0, 0.05) is 12.8 Å². The van der Waals surface area contributed by atoms with Gasteiger partial charge in [-0.25, -0.2) is 0 Å². The van der Waals surface area contributed by atoms with E-state index in [4.69, 9.17) is 0 Å². The van der Waals surface area contributed by atoms with Crippen molar-refractivity contribution in [2.75, 3.05) is 6.54 Å². The maximum absolute atomic E-state index is 12.6. The van der Waals surface area contributed by atoms with Gasteiger partial charge in [-0.1, -0.05) is 31.5 Å². The Morgan fingerprint density at radius 2 is 2.00 bits per heavy atom. The Labute approximate surface area is 140 Å². The van der Waals surface area contributed by atoms with Gasteiger partial charge in [-0.2, -0.15) is 0 Å². The van der Waals surface area contributed by atoms with Crippen molar-refractivity contribution in [1.82, 2.24) is 5.32 Å². The Balaban J connectivity index is 2.37. The third-order valence-corrected chi connectivity index (χ3v) is 4.74. The van der Waals surface area contributed by atoms with Crippen LogP contribution in [0.5, 0.6) is 0 Å². The Morgan fingerprint density at radius 1 is 1.30 bits per heavy atom. The molecule has 0 saturated carbocycles. The van der Waals surface area contributed by atoms with Crippen LogP contribution in [0.25, 0.3) is 0 Å². The van der Waals surface area contributed by atoms with Gasteiger partial charge in [0.2, 0.25) is 0 Å². The molecule has 1 aromatic rings. The van der Waals surface area contributed by atoms with Crippen LogP contribution in [0, 0.1) is 13.8 Å². The SMILES string of the molecule is BC(=O)CC(C)(C)c1c(C)cc(C)cc1CC(=O)C1CCCN1. The zero-order valence-electron chi connectivity index (χ0n) is 15.1. The maximum Gasteiger partial charge on any atom is 0.187 e. The highest BCUT2D eigenvalue weighted by Gasteiger charge is 2.29. The van der Waals surface area contributed by atoms with Crippen molar-refractivity contribution >= 4 is 19.3 Å². The molecule has 23 heavy (non-hydrogen) atoms. The van der Waals surface area contributed by atoms with Gasteiger partial charge in [0.15, 0.2) is 13.6 Å². The van der Waals surface area contributed by atoms with Gasteiger partial charge in [-0.15, -0.1) is 0 Å². The minimum atomic E-state index is -0.248. The van der Waals surface area contributed by atoms with Crippen LogP contribution in [-0.4, -0.2) is 31.9 Å². The van der Waals surface area contributed by atoms with Gasteiger partial charge < -0.3 is 10.1 Å². The standard InChI is InChI=1S/C19H28BNO2/c1-12-8-13(2)18(19(3,4)11-17(20)23)14(9-12)10-16(22)15-6-5-7-21-15/h8-9,15,21H,5-7,10-11,20H2,1-4H3. The summed E-state index contributed by atoms with van der Waals surface area (Å²) in [4.78, 5) is 24.3. The Bertz CT molecular complexity index is 616. The zero-order chi connectivity index (χ0) is 17.2. The largest absolute Gasteiger partial charge is 0.312 e. The molecular weight excluding hydrogens is 285 g/mol. The predicted octanol–water partition coefficient (Wildman–Crippen LogP) is 1.99. The molecule has 1 aliphatic heterocycles. The molecule has 1 aromatic carbocycles. The monoisotopic (exact) mass is 313 g/mol. The maximum atomic E-state index is 12.6. The summed E-state index contributed by atoms with van der Waals surface area (Å²) in [6, 6.07) is 4.27. The molecule has 3 nitrogen and oxygen atoms in total. The van der Waals surface area contributed by atoms with Gasteiger partial charge in [0.1, 0.15) is 0 Å². The van der Waals surface area contributed by atoms with E-state index in [0.29, 0.717) is 12.8 Å². The summed E-state index contributed by atoms with van der Waals surface area (Å²) >= 11 is 0. The van der Waals surface area contributed by atoms with Gasteiger partial charge in [-0.3, -0.25) is 4.79 Å². The molecule has 0 amide bonds. The Morgan fingerprint density at radius 3 is 2.57 bits per heavy atom. The highest BCUT2D eigenvalue weighted by atomic mass is 16.1. The average Bonchev–Trinajstić information content (AvgIpc) is 2.88. The third kappa shape index (κ3) is 4.32. The first-order valence-corrected chi connectivity index (χ1v) is 8.57. The van der Waals surface area contributed by atoms with Gasteiger partial charge in [0.25, 0.3) is 0 Å². The second-order valence-corrected chi connectivity index (χ2v) is 7.67. The Hall–Kier alpha value is -1.42. The predicted molar refractivity (Wildman–Crippen MR) is 96.8 cm³/mol. The van der Waals surface area contributed by atoms with Crippen molar-refractivity contribution in [2.45, 2.75) is 64.8 Å². The molecule has 1 saturated heterocycles. The van der Waals surface area contributed by atoms with Crippen molar-refractivity contribution < 1.29 is 9.59 Å². The number of hydrogen-bond donors (Lipinski definition) is 1. The number of Topliss-reactive ketones (excluding diaryl/α,β-unsaturated/α-hetero) is 1. The number of rotatable bonds is 6. The van der Waals surface area contributed by atoms with E-state index in [2.05, 4.69) is 45.1 Å². The summed E-state index contributed by atoms with van der Waals surface area (Å²) in [5.74, 6) is 0.271. The fourth-order valence-corrected chi connectivity index (χ4v) is 4.14. The van der Waals surface area contributed by atoms with Crippen molar-refractivity contribution in [1.29, 1.82) is 0 Å². The number of nitrogens with one attached hydrogen (secondary N) is 1. The van der Waals surface area contributed by atoms with Crippen molar-refractivity contribution in [3.63, 3.8) is 0 Å². The summed E-state index contributed by atoms with van der Waals surface area (Å²) in [6.07, 6.45) is 2.97. The first-order valence-electron chi connectivity index (χ1n) is 8.57. The van der Waals surface area contributed by atoms with Crippen LogP contribution >= 0.6 is 0 Å². The molecule has 0 aliphatic carbocycles. The first-order chi connectivity index (χ1) is 10.7. The van der Waals surface area contributed by atoms with Crippen LogP contribution in [-0.2, 0) is 21.4 Å². The van der Waals surface area contributed by atoms with Crippen LogP contribution in [0.3, 0.4) is 0 Å². The normalized spacial score (nSPS) is 18.2. The minimum Gasteiger partial charge on any atom is -0.312 e. The van der Waals surface area contributed by atoms with Gasteiger partial charge in [0.05, 0.1) is 11.7 Å². The van der Waals surface area contributed by atoms with Crippen LogP contribution in [0.2, 0.25) is 0 Å². The number of carbonyl (C=O) groups excluding carboxylic acids is 2. The van der Waals surface area contributed by atoms with E-state index < -0.39 is 0 Å². The fourth-order valence-electron chi connectivity index (χ4n) is 4.14. The topological polar surface area (TPSA) is 46.2 Å². The van der Waals surface area contributed by atoms with Crippen LogP contribution < -0.4 is 5.32 Å². The molecule has 0 spiro atoms. The summed E-state index contributed by atoms with van der Waals surface area (Å²) in [5.41, 5.74) is 4.55. The lowest BCUT2D eigenvalue weighted by atomic mass is 9.72. The van der Waals surface area contributed by atoms with Gasteiger partial charge >= 0.3 is 0 Å². The molecule has 1 unspecified atom stereocenters. The molecule has 1 N–H and O–H groups in total. The number of carbonyl (C=O) groups is 2. The number of benzene rings is 1. The molecule has 0 radical (unpaired) electrons. The van der Waals surface area contributed by atoms with Crippen LogP contribution in [0.4, 0.5) is 0 Å². The molecule has 0 bridgehead atoms. The van der Waals surface area contributed by atoms with Crippen molar-refractivity contribution in [2.24, 2.45) is 0 Å². The molecule has 1 heterocycles. The second kappa shape index (κ2) is 7.00. The molecular formula is C19H28BNO2. The molecule has 4 heteroatoms. The smallest absolute Gasteiger partial charge is 0.187 e. The van der Waals surface area contributed by atoms with E-state index >= 15 is 0 Å². The van der Waals surface area contributed by atoms with E-state index in [1.165, 1.54) is 16.7 Å². The number of ketones is 1. The van der Waals surface area contributed by atoms with E-state index in [9.17, 15) is 9.59 Å². The molecule has 2 rings (SSSR count). The lowest BCUT2D eigenvalue weighted by Gasteiger charge is -2.30. The summed E-state index contributed by atoms with van der Waals surface area (Å²) in [5, 5.41) is 3.29. The fraction of sp³-hybridized carbons (Fsp3) is 0.579.